The molecule has 0 amide bonds. The summed E-state index contributed by atoms with van der Waals surface area (Å²) >= 11 is 0. The third-order valence-electron chi connectivity index (χ3n) is 6.40. The predicted octanol–water partition coefficient (Wildman–Crippen LogP) is 3.67. The van der Waals surface area contributed by atoms with E-state index in [1.165, 1.54) is 0 Å². The van der Waals surface area contributed by atoms with Crippen LogP contribution in [0.15, 0.2) is 12.2 Å². The number of rotatable bonds is 3. The molecule has 0 spiro atoms. The van der Waals surface area contributed by atoms with E-state index in [1.54, 1.807) is 0 Å². The molecular formula is C18H26O3. The fourth-order valence-corrected chi connectivity index (χ4v) is 5.05. The SMILES string of the molecule is C=C(C)CC[C@@H]1OC(=O)[C@H]2C3CCC[C@@]3(C)C(=O)CC12C. The van der Waals surface area contributed by atoms with Crippen LogP contribution in [-0.2, 0) is 14.3 Å². The Hall–Kier alpha value is -1.12. The van der Waals surface area contributed by atoms with Crippen molar-refractivity contribution in [1.82, 2.24) is 0 Å². The van der Waals surface area contributed by atoms with Crippen molar-refractivity contribution in [3.05, 3.63) is 12.2 Å². The third kappa shape index (κ3) is 2.00. The fourth-order valence-electron chi connectivity index (χ4n) is 5.05. The molecule has 2 unspecified atom stereocenters. The highest BCUT2D eigenvalue weighted by atomic mass is 16.6. The van der Waals surface area contributed by atoms with Crippen LogP contribution in [0.25, 0.3) is 0 Å². The summed E-state index contributed by atoms with van der Waals surface area (Å²) < 4.78 is 5.73. The summed E-state index contributed by atoms with van der Waals surface area (Å²) in [4.78, 5) is 25.3. The summed E-state index contributed by atoms with van der Waals surface area (Å²) in [5.41, 5.74) is 0.510. The molecule has 5 atom stereocenters. The van der Waals surface area contributed by atoms with E-state index >= 15 is 0 Å². The van der Waals surface area contributed by atoms with Gasteiger partial charge in [-0.3, -0.25) is 9.59 Å². The van der Waals surface area contributed by atoms with Crippen molar-refractivity contribution in [2.75, 3.05) is 0 Å². The van der Waals surface area contributed by atoms with E-state index in [9.17, 15) is 9.59 Å². The highest BCUT2D eigenvalue weighted by Gasteiger charge is 2.66. The molecule has 0 aromatic heterocycles. The van der Waals surface area contributed by atoms with Crippen molar-refractivity contribution in [3.8, 4) is 0 Å². The first-order valence-electron chi connectivity index (χ1n) is 8.17. The van der Waals surface area contributed by atoms with Crippen molar-refractivity contribution in [3.63, 3.8) is 0 Å². The van der Waals surface area contributed by atoms with Crippen LogP contribution >= 0.6 is 0 Å². The number of fused-ring (bicyclic) bond motifs is 3. The van der Waals surface area contributed by atoms with Gasteiger partial charge >= 0.3 is 5.97 Å². The number of cyclic esters (lactones) is 1. The van der Waals surface area contributed by atoms with Gasteiger partial charge in [0, 0.05) is 17.3 Å². The van der Waals surface area contributed by atoms with Gasteiger partial charge in [-0.05, 0) is 38.5 Å². The number of Topliss-reactive ketones (excluding diaryl/α,β-unsaturated/α-hetero) is 1. The monoisotopic (exact) mass is 290 g/mol. The van der Waals surface area contributed by atoms with Crippen LogP contribution in [0.5, 0.6) is 0 Å². The van der Waals surface area contributed by atoms with Gasteiger partial charge in [-0.2, -0.15) is 0 Å². The zero-order valence-electron chi connectivity index (χ0n) is 13.4. The molecule has 2 aliphatic carbocycles. The number of allylic oxidation sites excluding steroid dienone is 1. The molecule has 0 aromatic carbocycles. The summed E-state index contributed by atoms with van der Waals surface area (Å²) in [6, 6.07) is 0. The Labute approximate surface area is 127 Å². The maximum absolute atomic E-state index is 12.8. The second kappa shape index (κ2) is 4.69. The Kier molecular flexibility index (Phi) is 3.30. The molecule has 0 radical (unpaired) electrons. The van der Waals surface area contributed by atoms with E-state index in [0.29, 0.717) is 12.2 Å². The summed E-state index contributed by atoms with van der Waals surface area (Å²) in [5.74, 6) is 0.390. The summed E-state index contributed by atoms with van der Waals surface area (Å²) in [6.07, 6.45) is 5.01. The van der Waals surface area contributed by atoms with Crippen molar-refractivity contribution >= 4 is 11.8 Å². The summed E-state index contributed by atoms with van der Waals surface area (Å²) in [7, 11) is 0. The molecule has 3 fully saturated rings. The van der Waals surface area contributed by atoms with Crippen LogP contribution in [-0.4, -0.2) is 17.9 Å². The maximum Gasteiger partial charge on any atom is 0.310 e. The quantitative estimate of drug-likeness (QED) is 0.588. The molecule has 2 saturated carbocycles. The minimum atomic E-state index is -0.307. The molecule has 1 aliphatic heterocycles. The van der Waals surface area contributed by atoms with E-state index in [4.69, 9.17) is 4.74 Å². The zero-order valence-corrected chi connectivity index (χ0v) is 13.4. The lowest BCUT2D eigenvalue weighted by Crippen LogP contribution is -2.52. The van der Waals surface area contributed by atoms with Gasteiger partial charge in [0.2, 0.25) is 0 Å². The van der Waals surface area contributed by atoms with E-state index < -0.39 is 0 Å². The number of carbonyl (C=O) groups is 2. The minimum absolute atomic E-state index is 0.0603. The standard InChI is InChI=1S/C18H26O3/c1-11(2)7-8-14-18(4)10-13(19)17(3)9-5-6-12(17)15(18)16(20)21-14/h12,14-15H,1,5-10H2,2-4H3/t12?,14-,15+,17+,18?/m0/s1. The van der Waals surface area contributed by atoms with Gasteiger partial charge in [-0.1, -0.05) is 25.8 Å². The Morgan fingerprint density at radius 3 is 2.76 bits per heavy atom. The Bertz CT molecular complexity index is 509. The molecule has 3 aliphatic rings. The molecule has 0 N–H and O–H groups in total. The lowest BCUT2D eigenvalue weighted by molar-refractivity contribution is -0.149. The lowest BCUT2D eigenvalue weighted by atomic mass is 9.53. The first kappa shape index (κ1) is 14.8. The van der Waals surface area contributed by atoms with E-state index in [0.717, 1.165) is 37.7 Å². The van der Waals surface area contributed by atoms with Gasteiger partial charge in [-0.25, -0.2) is 0 Å². The molecule has 3 heteroatoms. The Morgan fingerprint density at radius 1 is 1.38 bits per heavy atom. The van der Waals surface area contributed by atoms with Crippen LogP contribution in [0, 0.1) is 22.7 Å². The summed E-state index contributed by atoms with van der Waals surface area (Å²) in [6.45, 7) is 10.1. The third-order valence-corrected chi connectivity index (χ3v) is 6.40. The highest BCUT2D eigenvalue weighted by molar-refractivity contribution is 5.91. The Morgan fingerprint density at radius 2 is 2.10 bits per heavy atom. The number of hydrogen-bond donors (Lipinski definition) is 0. The molecule has 3 rings (SSSR count). The lowest BCUT2D eigenvalue weighted by Gasteiger charge is -2.46. The normalized spacial score (nSPS) is 45.2. The van der Waals surface area contributed by atoms with Gasteiger partial charge in [-0.15, -0.1) is 6.58 Å². The minimum Gasteiger partial charge on any atom is -0.461 e. The smallest absolute Gasteiger partial charge is 0.310 e. The first-order chi connectivity index (χ1) is 9.79. The molecule has 21 heavy (non-hydrogen) atoms. The number of esters is 1. The van der Waals surface area contributed by atoms with Crippen molar-refractivity contribution in [2.24, 2.45) is 22.7 Å². The largest absolute Gasteiger partial charge is 0.461 e. The first-order valence-corrected chi connectivity index (χ1v) is 8.17. The molecule has 1 saturated heterocycles. The van der Waals surface area contributed by atoms with Crippen molar-refractivity contribution in [2.45, 2.75) is 65.4 Å². The second-order valence-electron chi connectivity index (χ2n) is 7.92. The number of ketones is 1. The van der Waals surface area contributed by atoms with Crippen LogP contribution < -0.4 is 0 Å². The molecule has 116 valence electrons. The van der Waals surface area contributed by atoms with Crippen molar-refractivity contribution in [1.29, 1.82) is 0 Å². The average Bonchev–Trinajstić information content (AvgIpc) is 2.87. The number of ether oxygens (including phenoxy) is 1. The molecule has 0 bridgehead atoms. The molecule has 0 aromatic rings. The van der Waals surface area contributed by atoms with Crippen LogP contribution in [0.4, 0.5) is 0 Å². The van der Waals surface area contributed by atoms with E-state index in [1.807, 2.05) is 6.92 Å². The average molecular weight is 290 g/mol. The highest BCUT2D eigenvalue weighted by Crippen LogP contribution is 2.62. The number of hydrogen-bond acceptors (Lipinski definition) is 3. The molecular weight excluding hydrogens is 264 g/mol. The topological polar surface area (TPSA) is 43.4 Å². The summed E-state index contributed by atoms with van der Waals surface area (Å²) in [5, 5.41) is 0. The predicted molar refractivity (Wildman–Crippen MR) is 80.6 cm³/mol. The zero-order chi connectivity index (χ0) is 15.4. The van der Waals surface area contributed by atoms with Crippen LogP contribution in [0.3, 0.4) is 0 Å². The maximum atomic E-state index is 12.8. The second-order valence-corrected chi connectivity index (χ2v) is 7.92. The van der Waals surface area contributed by atoms with Gasteiger partial charge in [0.15, 0.2) is 0 Å². The van der Waals surface area contributed by atoms with Gasteiger partial charge in [0.05, 0.1) is 5.92 Å². The molecule has 3 nitrogen and oxygen atoms in total. The van der Waals surface area contributed by atoms with Gasteiger partial charge in [0.25, 0.3) is 0 Å². The fraction of sp³-hybridized carbons (Fsp3) is 0.778. The van der Waals surface area contributed by atoms with E-state index in [-0.39, 0.29) is 34.7 Å². The Balaban J connectivity index is 1.92. The van der Waals surface area contributed by atoms with E-state index in [2.05, 4.69) is 20.4 Å². The van der Waals surface area contributed by atoms with Crippen molar-refractivity contribution < 1.29 is 14.3 Å². The van der Waals surface area contributed by atoms with Gasteiger partial charge < -0.3 is 4.74 Å². The molecule has 1 heterocycles. The van der Waals surface area contributed by atoms with Crippen LogP contribution in [0.1, 0.15) is 59.3 Å². The number of carbonyl (C=O) groups excluding carboxylic acids is 2. The van der Waals surface area contributed by atoms with Crippen LogP contribution in [0.2, 0.25) is 0 Å². The van der Waals surface area contributed by atoms with Gasteiger partial charge in [0.1, 0.15) is 11.9 Å².